The summed E-state index contributed by atoms with van der Waals surface area (Å²) >= 11 is 0. The minimum absolute atomic E-state index is 0.0864. The van der Waals surface area contributed by atoms with Crippen LogP contribution in [0, 0.1) is 5.82 Å². The van der Waals surface area contributed by atoms with E-state index in [2.05, 4.69) is 10.6 Å². The lowest BCUT2D eigenvalue weighted by molar-refractivity contribution is -0.126. The zero-order valence-electron chi connectivity index (χ0n) is 18.7. The summed E-state index contributed by atoms with van der Waals surface area (Å²) in [4.78, 5) is 39.3. The molecule has 1 aromatic heterocycles. The van der Waals surface area contributed by atoms with Crippen molar-refractivity contribution in [2.75, 3.05) is 5.32 Å². The first-order valence-corrected chi connectivity index (χ1v) is 10.8. The first-order chi connectivity index (χ1) is 16.3. The molecule has 8 nitrogen and oxygen atoms in total. The maximum atomic E-state index is 13.3. The molecule has 2 aromatic carbocycles. The molecule has 3 aromatic rings. The van der Waals surface area contributed by atoms with Crippen molar-refractivity contribution in [3.05, 3.63) is 89.6 Å². The van der Waals surface area contributed by atoms with Crippen LogP contribution in [0.4, 0.5) is 14.9 Å². The van der Waals surface area contributed by atoms with Gasteiger partial charge in [0, 0.05) is 11.7 Å². The lowest BCUT2D eigenvalue weighted by Gasteiger charge is -2.25. The van der Waals surface area contributed by atoms with E-state index in [1.54, 1.807) is 48.5 Å². The molecule has 2 atom stereocenters. The number of hydrogen-bond acceptors (Lipinski definition) is 5. The largest absolute Gasteiger partial charge is 0.459 e. The molecule has 34 heavy (non-hydrogen) atoms. The Hall–Kier alpha value is -4.14. The van der Waals surface area contributed by atoms with Crippen LogP contribution < -0.4 is 10.6 Å². The highest BCUT2D eigenvalue weighted by Gasteiger charge is 2.47. The van der Waals surface area contributed by atoms with Gasteiger partial charge in [-0.15, -0.1) is 0 Å². The van der Waals surface area contributed by atoms with Crippen LogP contribution >= 0.6 is 0 Å². The summed E-state index contributed by atoms with van der Waals surface area (Å²) in [5, 5.41) is 5.56. The predicted molar refractivity (Wildman–Crippen MR) is 121 cm³/mol. The maximum absolute atomic E-state index is 13.3. The number of carbonyl (C=O) groups is 3. The van der Waals surface area contributed by atoms with Gasteiger partial charge in [-0.2, -0.15) is 0 Å². The van der Waals surface area contributed by atoms with Gasteiger partial charge in [0.15, 0.2) is 17.9 Å². The topological polar surface area (TPSA) is 101 Å². The highest BCUT2D eigenvalue weighted by atomic mass is 19.1. The van der Waals surface area contributed by atoms with Crippen molar-refractivity contribution in [2.24, 2.45) is 0 Å². The first-order valence-electron chi connectivity index (χ1n) is 10.8. The van der Waals surface area contributed by atoms with Crippen LogP contribution in [0.3, 0.4) is 0 Å². The van der Waals surface area contributed by atoms with Crippen molar-refractivity contribution in [2.45, 2.75) is 38.6 Å². The van der Waals surface area contributed by atoms with Crippen molar-refractivity contribution < 1.29 is 27.9 Å². The predicted octanol–water partition coefficient (Wildman–Crippen LogP) is 4.26. The summed E-state index contributed by atoms with van der Waals surface area (Å²) < 4.78 is 24.0. The van der Waals surface area contributed by atoms with E-state index >= 15 is 0 Å². The number of carbonyl (C=O) groups excluding carboxylic acids is 3. The fourth-order valence-corrected chi connectivity index (χ4v) is 3.72. The van der Waals surface area contributed by atoms with Crippen LogP contribution in [0.15, 0.2) is 71.3 Å². The number of amides is 3. The molecule has 176 valence electrons. The van der Waals surface area contributed by atoms with Gasteiger partial charge in [0.05, 0.1) is 12.8 Å². The molecule has 0 radical (unpaired) electrons. The number of nitrogens with zero attached hydrogens (tertiary/aromatic N) is 1. The lowest BCUT2D eigenvalue weighted by Crippen LogP contribution is -2.48. The van der Waals surface area contributed by atoms with Crippen LogP contribution in [0.5, 0.6) is 0 Å². The molecule has 0 unspecified atom stereocenters. The van der Waals surface area contributed by atoms with Gasteiger partial charge in [-0.25, -0.2) is 9.18 Å². The molecule has 0 bridgehead atoms. The number of ether oxygens (including phenoxy) is 1. The summed E-state index contributed by atoms with van der Waals surface area (Å²) in [6.45, 7) is 3.74. The third kappa shape index (κ3) is 5.09. The van der Waals surface area contributed by atoms with Gasteiger partial charge >= 0.3 is 6.09 Å². The van der Waals surface area contributed by atoms with Gasteiger partial charge in [0.1, 0.15) is 5.82 Å². The van der Waals surface area contributed by atoms with E-state index in [1.165, 1.54) is 23.3 Å². The summed E-state index contributed by atoms with van der Waals surface area (Å²) in [7, 11) is 0. The molecule has 2 N–H and O–H groups in total. The molecule has 3 amide bonds. The van der Waals surface area contributed by atoms with Gasteiger partial charge in [0.25, 0.3) is 5.91 Å². The van der Waals surface area contributed by atoms with Crippen molar-refractivity contribution >= 4 is 23.6 Å². The maximum Gasteiger partial charge on any atom is 0.411 e. The van der Waals surface area contributed by atoms with Crippen LogP contribution in [-0.2, 0) is 16.1 Å². The van der Waals surface area contributed by atoms with Gasteiger partial charge in [-0.3, -0.25) is 14.5 Å². The fraction of sp³-hybridized carbons (Fsp3) is 0.240. The molecule has 1 saturated heterocycles. The van der Waals surface area contributed by atoms with E-state index in [4.69, 9.17) is 9.15 Å². The zero-order chi connectivity index (χ0) is 24.2. The van der Waals surface area contributed by atoms with E-state index in [0.717, 1.165) is 0 Å². The monoisotopic (exact) mass is 465 g/mol. The molecular formula is C25H24FN3O5. The molecule has 1 aliphatic rings. The van der Waals surface area contributed by atoms with Crippen molar-refractivity contribution in [1.82, 2.24) is 10.2 Å². The van der Waals surface area contributed by atoms with Crippen LogP contribution in [0.2, 0.25) is 0 Å². The Kier molecular flexibility index (Phi) is 6.62. The van der Waals surface area contributed by atoms with Crippen LogP contribution in [0.25, 0.3) is 0 Å². The Morgan fingerprint density at radius 2 is 1.76 bits per heavy atom. The van der Waals surface area contributed by atoms with E-state index in [-0.39, 0.29) is 30.1 Å². The average molecular weight is 465 g/mol. The third-order valence-corrected chi connectivity index (χ3v) is 5.29. The standard InChI is InChI=1S/C25H24FN3O5/c1-15(2)27-24(31)21-22(34-25(32)29(21)14-16-5-9-18(26)10-6-16)17-7-11-19(12-8-17)28-23(30)20-4-3-13-33-20/h3-13,15,21-22H,14H2,1-2H3,(H,27,31)(H,28,30)/t21-,22-/m1/s1. The highest BCUT2D eigenvalue weighted by molar-refractivity contribution is 6.02. The lowest BCUT2D eigenvalue weighted by atomic mass is 10.00. The number of benzene rings is 2. The molecule has 0 aliphatic carbocycles. The van der Waals surface area contributed by atoms with Gasteiger partial charge in [0.2, 0.25) is 5.91 Å². The number of halogens is 1. The van der Waals surface area contributed by atoms with E-state index in [0.29, 0.717) is 16.8 Å². The summed E-state index contributed by atoms with van der Waals surface area (Å²) in [5.41, 5.74) is 1.77. The highest BCUT2D eigenvalue weighted by Crippen LogP contribution is 2.34. The molecule has 9 heteroatoms. The Labute approximate surface area is 195 Å². The zero-order valence-corrected chi connectivity index (χ0v) is 18.7. The van der Waals surface area contributed by atoms with Crippen molar-refractivity contribution in [3.8, 4) is 0 Å². The Morgan fingerprint density at radius 3 is 2.38 bits per heavy atom. The average Bonchev–Trinajstić information content (AvgIpc) is 3.44. The third-order valence-electron chi connectivity index (χ3n) is 5.29. The molecule has 0 spiro atoms. The minimum atomic E-state index is -0.927. The van der Waals surface area contributed by atoms with E-state index in [1.807, 2.05) is 13.8 Å². The number of rotatable bonds is 7. The number of nitrogens with one attached hydrogen (secondary N) is 2. The van der Waals surface area contributed by atoms with Crippen LogP contribution in [-0.4, -0.2) is 34.9 Å². The second-order valence-electron chi connectivity index (χ2n) is 8.22. The first kappa shape index (κ1) is 23.0. The Balaban J connectivity index is 1.56. The summed E-state index contributed by atoms with van der Waals surface area (Å²) in [6.07, 6.45) is -0.0955. The van der Waals surface area contributed by atoms with Gasteiger partial charge in [-0.1, -0.05) is 24.3 Å². The second-order valence-corrected chi connectivity index (χ2v) is 8.22. The molecule has 2 heterocycles. The molecule has 4 rings (SSSR count). The number of anilines is 1. The van der Waals surface area contributed by atoms with Crippen molar-refractivity contribution in [1.29, 1.82) is 0 Å². The summed E-state index contributed by atoms with van der Waals surface area (Å²) in [6, 6.07) is 14.5. The number of hydrogen-bond donors (Lipinski definition) is 2. The molecule has 0 saturated carbocycles. The number of furan rings is 1. The van der Waals surface area contributed by atoms with Gasteiger partial charge in [-0.05, 0) is 61.4 Å². The Morgan fingerprint density at radius 1 is 1.06 bits per heavy atom. The molecule has 1 fully saturated rings. The molecule has 1 aliphatic heterocycles. The van der Waals surface area contributed by atoms with E-state index in [9.17, 15) is 18.8 Å². The quantitative estimate of drug-likeness (QED) is 0.543. The smallest absolute Gasteiger partial charge is 0.411 e. The van der Waals surface area contributed by atoms with Crippen molar-refractivity contribution in [3.63, 3.8) is 0 Å². The van der Waals surface area contributed by atoms with Gasteiger partial charge < -0.3 is 19.8 Å². The SMILES string of the molecule is CC(C)NC(=O)[C@H]1[C@@H](c2ccc(NC(=O)c3ccco3)cc2)OC(=O)N1Cc1ccc(F)cc1. The van der Waals surface area contributed by atoms with Crippen LogP contribution in [0.1, 0.15) is 41.6 Å². The Bertz CT molecular complexity index is 1160. The fourth-order valence-electron chi connectivity index (χ4n) is 3.72. The molecular weight excluding hydrogens is 441 g/mol. The normalized spacial score (nSPS) is 17.5. The summed E-state index contributed by atoms with van der Waals surface area (Å²) in [5.74, 6) is -0.970. The second kappa shape index (κ2) is 9.78. The number of cyclic esters (lactones) is 1. The minimum Gasteiger partial charge on any atom is -0.459 e. The van der Waals surface area contributed by atoms with E-state index < -0.39 is 24.1 Å².